The van der Waals surface area contributed by atoms with Crippen LogP contribution in [-0.2, 0) is 6.54 Å². The lowest BCUT2D eigenvalue weighted by molar-refractivity contribution is 0.205. The van der Waals surface area contributed by atoms with Gasteiger partial charge in [-0.1, -0.05) is 12.1 Å². The molecule has 0 amide bonds. The number of hydrogen-bond donors (Lipinski definition) is 0. The predicted octanol–water partition coefficient (Wildman–Crippen LogP) is 4.27. The normalized spacial score (nSPS) is 17.7. The summed E-state index contributed by atoms with van der Waals surface area (Å²) in [6.45, 7) is 3.21. The summed E-state index contributed by atoms with van der Waals surface area (Å²) in [5, 5.41) is 4.44. The van der Waals surface area contributed by atoms with Gasteiger partial charge < -0.3 is 0 Å². The van der Waals surface area contributed by atoms with Crippen molar-refractivity contribution < 1.29 is 4.39 Å². The van der Waals surface area contributed by atoms with Gasteiger partial charge in [-0.15, -0.1) is 0 Å². The molecule has 1 nitrogen and oxygen atoms in total. The van der Waals surface area contributed by atoms with Crippen LogP contribution in [0.5, 0.6) is 0 Å². The highest BCUT2D eigenvalue weighted by Gasteiger charge is 2.20. The van der Waals surface area contributed by atoms with E-state index < -0.39 is 0 Å². The highest BCUT2D eigenvalue weighted by Crippen LogP contribution is 2.29. The van der Waals surface area contributed by atoms with Crippen LogP contribution in [0.25, 0.3) is 0 Å². The monoisotopic (exact) mass is 275 g/mol. The largest absolute Gasteiger partial charge is 0.299 e. The van der Waals surface area contributed by atoms with E-state index in [4.69, 9.17) is 0 Å². The zero-order valence-corrected chi connectivity index (χ0v) is 11.7. The Balaban J connectivity index is 1.54. The van der Waals surface area contributed by atoms with Crippen molar-refractivity contribution in [2.75, 3.05) is 13.1 Å². The van der Waals surface area contributed by atoms with Crippen LogP contribution in [-0.4, -0.2) is 18.0 Å². The second-order valence-electron chi connectivity index (χ2n) is 5.23. The standard InChI is InChI=1S/C16H18FNS/c17-16-3-1-13(2-4-16)11-18-8-5-14(6-9-18)15-7-10-19-12-15/h1-4,7,10,12,14H,5-6,8-9,11H2. The fraction of sp³-hybridized carbons (Fsp3) is 0.375. The Morgan fingerprint density at radius 2 is 1.84 bits per heavy atom. The number of hydrogen-bond acceptors (Lipinski definition) is 2. The first-order valence-electron chi connectivity index (χ1n) is 6.80. The molecule has 2 aromatic rings. The van der Waals surface area contributed by atoms with Gasteiger partial charge in [0.05, 0.1) is 0 Å². The minimum Gasteiger partial charge on any atom is -0.299 e. The van der Waals surface area contributed by atoms with Crippen molar-refractivity contribution in [3.8, 4) is 0 Å². The minimum absolute atomic E-state index is 0.153. The molecule has 0 N–H and O–H groups in total. The highest BCUT2D eigenvalue weighted by molar-refractivity contribution is 7.07. The van der Waals surface area contributed by atoms with Crippen molar-refractivity contribution in [1.82, 2.24) is 4.90 Å². The van der Waals surface area contributed by atoms with Gasteiger partial charge in [-0.25, -0.2) is 4.39 Å². The third-order valence-corrected chi connectivity index (χ3v) is 4.62. The molecule has 3 heteroatoms. The Morgan fingerprint density at radius 1 is 1.11 bits per heavy atom. The Kier molecular flexibility index (Phi) is 3.95. The molecule has 0 unspecified atom stereocenters. The molecule has 1 fully saturated rings. The average molecular weight is 275 g/mol. The lowest BCUT2D eigenvalue weighted by atomic mass is 9.91. The van der Waals surface area contributed by atoms with Crippen LogP contribution in [0.1, 0.15) is 29.9 Å². The molecule has 0 radical (unpaired) electrons. The van der Waals surface area contributed by atoms with E-state index in [1.165, 1.54) is 24.0 Å². The van der Waals surface area contributed by atoms with E-state index in [1.54, 1.807) is 23.5 Å². The number of rotatable bonds is 3. The van der Waals surface area contributed by atoms with Gasteiger partial charge in [0, 0.05) is 6.54 Å². The van der Waals surface area contributed by atoms with Gasteiger partial charge in [0.2, 0.25) is 0 Å². The minimum atomic E-state index is -0.153. The number of nitrogens with zero attached hydrogens (tertiary/aromatic N) is 1. The Bertz CT molecular complexity index is 498. The Labute approximate surface area is 117 Å². The van der Waals surface area contributed by atoms with Crippen LogP contribution in [0.3, 0.4) is 0 Å². The Hall–Kier alpha value is -1.19. The fourth-order valence-electron chi connectivity index (χ4n) is 2.78. The van der Waals surface area contributed by atoms with Gasteiger partial charge in [-0.05, 0) is 71.9 Å². The molecule has 1 aromatic heterocycles. The van der Waals surface area contributed by atoms with Crippen LogP contribution in [0, 0.1) is 5.82 Å². The maximum absolute atomic E-state index is 12.9. The number of likely N-dealkylation sites (tertiary alicyclic amines) is 1. The molecule has 1 aliphatic rings. The molecule has 1 aromatic carbocycles. The van der Waals surface area contributed by atoms with Crippen LogP contribution in [0.2, 0.25) is 0 Å². The van der Waals surface area contributed by atoms with Crippen molar-refractivity contribution in [1.29, 1.82) is 0 Å². The molecule has 0 bridgehead atoms. The SMILES string of the molecule is Fc1ccc(CN2CCC(c3ccsc3)CC2)cc1. The van der Waals surface area contributed by atoms with E-state index in [9.17, 15) is 4.39 Å². The average Bonchev–Trinajstić information content (AvgIpc) is 2.96. The summed E-state index contributed by atoms with van der Waals surface area (Å²) in [7, 11) is 0. The van der Waals surface area contributed by atoms with Gasteiger partial charge in [0.15, 0.2) is 0 Å². The fourth-order valence-corrected chi connectivity index (χ4v) is 3.52. The summed E-state index contributed by atoms with van der Waals surface area (Å²) in [4.78, 5) is 2.47. The molecular weight excluding hydrogens is 257 g/mol. The summed E-state index contributed by atoms with van der Waals surface area (Å²) in [6, 6.07) is 9.13. The molecule has 1 aliphatic heterocycles. The summed E-state index contributed by atoms with van der Waals surface area (Å²) in [6.07, 6.45) is 2.47. The number of benzene rings is 1. The van der Waals surface area contributed by atoms with E-state index in [-0.39, 0.29) is 5.82 Å². The molecule has 0 saturated carbocycles. The van der Waals surface area contributed by atoms with Gasteiger partial charge in [-0.2, -0.15) is 11.3 Å². The summed E-state index contributed by atoms with van der Waals surface area (Å²) in [5.74, 6) is 0.579. The summed E-state index contributed by atoms with van der Waals surface area (Å²) >= 11 is 1.79. The lowest BCUT2D eigenvalue weighted by Gasteiger charge is -2.31. The smallest absolute Gasteiger partial charge is 0.123 e. The zero-order chi connectivity index (χ0) is 13.1. The first-order valence-corrected chi connectivity index (χ1v) is 7.74. The predicted molar refractivity (Wildman–Crippen MR) is 78.0 cm³/mol. The molecule has 0 atom stereocenters. The molecule has 19 heavy (non-hydrogen) atoms. The quantitative estimate of drug-likeness (QED) is 0.808. The Morgan fingerprint density at radius 3 is 2.47 bits per heavy atom. The lowest BCUT2D eigenvalue weighted by Crippen LogP contribution is -2.32. The molecule has 3 rings (SSSR count). The molecule has 100 valence electrons. The van der Waals surface area contributed by atoms with Crippen molar-refractivity contribution in [2.45, 2.75) is 25.3 Å². The van der Waals surface area contributed by atoms with Crippen molar-refractivity contribution in [2.24, 2.45) is 0 Å². The maximum atomic E-state index is 12.9. The summed E-state index contributed by atoms with van der Waals surface area (Å²) < 4.78 is 12.9. The first-order chi connectivity index (χ1) is 9.31. The van der Waals surface area contributed by atoms with Gasteiger partial charge in [0.25, 0.3) is 0 Å². The van der Waals surface area contributed by atoms with E-state index in [1.807, 2.05) is 12.1 Å². The highest BCUT2D eigenvalue weighted by atomic mass is 32.1. The van der Waals surface area contributed by atoms with E-state index in [0.717, 1.165) is 25.6 Å². The number of thiophene rings is 1. The molecule has 0 spiro atoms. The van der Waals surface area contributed by atoms with Crippen LogP contribution >= 0.6 is 11.3 Å². The van der Waals surface area contributed by atoms with Crippen molar-refractivity contribution >= 4 is 11.3 Å². The summed E-state index contributed by atoms with van der Waals surface area (Å²) in [5.41, 5.74) is 2.71. The zero-order valence-electron chi connectivity index (χ0n) is 10.9. The van der Waals surface area contributed by atoms with E-state index in [2.05, 4.69) is 21.7 Å². The van der Waals surface area contributed by atoms with E-state index >= 15 is 0 Å². The van der Waals surface area contributed by atoms with Gasteiger partial charge in [0.1, 0.15) is 5.82 Å². The van der Waals surface area contributed by atoms with E-state index in [0.29, 0.717) is 0 Å². The second-order valence-corrected chi connectivity index (χ2v) is 6.01. The molecule has 2 heterocycles. The maximum Gasteiger partial charge on any atom is 0.123 e. The first kappa shape index (κ1) is 12.8. The van der Waals surface area contributed by atoms with Crippen LogP contribution in [0.4, 0.5) is 4.39 Å². The van der Waals surface area contributed by atoms with Gasteiger partial charge >= 0.3 is 0 Å². The van der Waals surface area contributed by atoms with Crippen molar-refractivity contribution in [3.05, 3.63) is 58.0 Å². The topological polar surface area (TPSA) is 3.24 Å². The van der Waals surface area contributed by atoms with Crippen LogP contribution < -0.4 is 0 Å². The second kappa shape index (κ2) is 5.85. The molecule has 0 aliphatic carbocycles. The molecule has 1 saturated heterocycles. The van der Waals surface area contributed by atoms with Gasteiger partial charge in [-0.3, -0.25) is 4.90 Å². The number of halogens is 1. The van der Waals surface area contributed by atoms with Crippen molar-refractivity contribution in [3.63, 3.8) is 0 Å². The number of piperidine rings is 1. The molecular formula is C16H18FNS. The third kappa shape index (κ3) is 3.23. The van der Waals surface area contributed by atoms with Crippen LogP contribution in [0.15, 0.2) is 41.1 Å². The third-order valence-electron chi connectivity index (χ3n) is 3.92.